The average molecular weight is 236 g/mol. The fraction of sp³-hybridized carbons (Fsp3) is 0.909. The maximum absolute atomic E-state index is 12.1. The Morgan fingerprint density at radius 3 is 2.75 bits per heavy atom. The minimum atomic E-state index is -4.31. The van der Waals surface area contributed by atoms with E-state index < -0.39 is 18.4 Å². The van der Waals surface area contributed by atoms with E-state index in [4.69, 9.17) is 4.74 Å². The molecular formula is C11H15F3O2. The zero-order valence-corrected chi connectivity index (χ0v) is 9.14. The van der Waals surface area contributed by atoms with Crippen molar-refractivity contribution in [3.63, 3.8) is 0 Å². The second-order valence-electron chi connectivity index (χ2n) is 4.78. The molecule has 0 N–H and O–H groups in total. The monoisotopic (exact) mass is 236 g/mol. The predicted octanol–water partition coefficient (Wildman–Crippen LogP) is 2.71. The maximum Gasteiger partial charge on any atom is 0.411 e. The molecule has 0 aliphatic heterocycles. The first-order valence-electron chi connectivity index (χ1n) is 5.61. The fourth-order valence-corrected chi connectivity index (χ4v) is 3.03. The molecule has 3 unspecified atom stereocenters. The topological polar surface area (TPSA) is 26.3 Å². The number of hydrogen-bond acceptors (Lipinski definition) is 2. The van der Waals surface area contributed by atoms with E-state index in [1.165, 1.54) is 0 Å². The quantitative estimate of drug-likeness (QED) is 0.736. The Labute approximate surface area is 92.1 Å². The lowest BCUT2D eigenvalue weighted by Crippen LogP contribution is -2.65. The van der Waals surface area contributed by atoms with Crippen LogP contribution in [0.3, 0.4) is 0 Å². The molecule has 16 heavy (non-hydrogen) atoms. The third-order valence-electron chi connectivity index (χ3n) is 3.91. The van der Waals surface area contributed by atoms with Crippen LogP contribution >= 0.6 is 0 Å². The van der Waals surface area contributed by atoms with Gasteiger partial charge in [0.15, 0.2) is 0 Å². The number of carbonyl (C=O) groups is 1. The molecule has 0 spiro atoms. The molecule has 0 saturated heterocycles. The summed E-state index contributed by atoms with van der Waals surface area (Å²) in [6, 6.07) is 0. The third kappa shape index (κ3) is 1.75. The van der Waals surface area contributed by atoms with Gasteiger partial charge in [0.2, 0.25) is 0 Å². The van der Waals surface area contributed by atoms with Crippen molar-refractivity contribution in [3.05, 3.63) is 0 Å². The highest BCUT2D eigenvalue weighted by Crippen LogP contribution is 2.52. The van der Waals surface area contributed by atoms with Gasteiger partial charge in [-0.2, -0.15) is 13.2 Å². The standard InChI is InChI=1S/C11H15F3O2/c1-7-9(15)8-4-2-3-5-10(7,8)16-6-11(12,13)14/h7-8H,2-6H2,1H3. The highest BCUT2D eigenvalue weighted by Gasteiger charge is 2.61. The molecule has 2 saturated carbocycles. The smallest absolute Gasteiger partial charge is 0.364 e. The molecule has 2 nitrogen and oxygen atoms in total. The number of ketones is 1. The summed E-state index contributed by atoms with van der Waals surface area (Å²) < 4.78 is 41.5. The first-order chi connectivity index (χ1) is 7.37. The van der Waals surface area contributed by atoms with Crippen LogP contribution in [0.15, 0.2) is 0 Å². The number of alkyl halides is 3. The summed E-state index contributed by atoms with van der Waals surface area (Å²) in [4.78, 5) is 11.6. The Morgan fingerprint density at radius 1 is 1.44 bits per heavy atom. The molecule has 0 radical (unpaired) electrons. The maximum atomic E-state index is 12.1. The minimum Gasteiger partial charge on any atom is -0.364 e. The highest BCUT2D eigenvalue weighted by atomic mass is 19.4. The molecular weight excluding hydrogens is 221 g/mol. The fourth-order valence-electron chi connectivity index (χ4n) is 3.03. The van der Waals surface area contributed by atoms with Gasteiger partial charge in [-0.1, -0.05) is 19.8 Å². The van der Waals surface area contributed by atoms with Gasteiger partial charge in [-0.15, -0.1) is 0 Å². The first kappa shape index (κ1) is 11.9. The number of halogens is 3. The van der Waals surface area contributed by atoms with E-state index in [0.717, 1.165) is 12.8 Å². The van der Waals surface area contributed by atoms with Crippen molar-refractivity contribution in [2.45, 2.75) is 44.4 Å². The Balaban J connectivity index is 2.06. The van der Waals surface area contributed by atoms with Crippen molar-refractivity contribution in [1.29, 1.82) is 0 Å². The molecule has 92 valence electrons. The van der Waals surface area contributed by atoms with E-state index >= 15 is 0 Å². The van der Waals surface area contributed by atoms with Crippen LogP contribution in [0.4, 0.5) is 13.2 Å². The zero-order valence-electron chi connectivity index (χ0n) is 9.14. The summed E-state index contributed by atoms with van der Waals surface area (Å²) in [6.45, 7) is 0.446. The van der Waals surface area contributed by atoms with Gasteiger partial charge in [0.1, 0.15) is 12.4 Å². The Morgan fingerprint density at radius 2 is 2.12 bits per heavy atom. The largest absolute Gasteiger partial charge is 0.411 e. The Hall–Kier alpha value is -0.580. The van der Waals surface area contributed by atoms with Crippen molar-refractivity contribution in [2.24, 2.45) is 11.8 Å². The summed E-state index contributed by atoms with van der Waals surface area (Å²) >= 11 is 0. The molecule has 2 aliphatic rings. The lowest BCUT2D eigenvalue weighted by Gasteiger charge is -2.55. The third-order valence-corrected chi connectivity index (χ3v) is 3.91. The van der Waals surface area contributed by atoms with Crippen molar-refractivity contribution in [1.82, 2.24) is 0 Å². The van der Waals surface area contributed by atoms with Gasteiger partial charge >= 0.3 is 6.18 Å². The lowest BCUT2D eigenvalue weighted by atomic mass is 9.54. The summed E-state index contributed by atoms with van der Waals surface area (Å²) in [5.41, 5.74) is -0.815. The van der Waals surface area contributed by atoms with Crippen LogP contribution in [0.5, 0.6) is 0 Å². The van der Waals surface area contributed by atoms with Crippen LogP contribution in [-0.4, -0.2) is 24.2 Å². The zero-order chi connectivity index (χ0) is 12.0. The molecule has 0 bridgehead atoms. The van der Waals surface area contributed by atoms with Crippen molar-refractivity contribution in [2.75, 3.05) is 6.61 Å². The summed E-state index contributed by atoms with van der Waals surface area (Å²) in [6.07, 6.45) is -1.27. The molecule has 3 atom stereocenters. The lowest BCUT2D eigenvalue weighted by molar-refractivity contribution is -0.251. The normalized spacial score (nSPS) is 39.1. The summed E-state index contributed by atoms with van der Waals surface area (Å²) in [5, 5.41) is 0. The van der Waals surface area contributed by atoms with Crippen LogP contribution in [0.25, 0.3) is 0 Å². The highest BCUT2D eigenvalue weighted by molar-refractivity contribution is 5.92. The first-order valence-corrected chi connectivity index (χ1v) is 5.61. The van der Waals surface area contributed by atoms with Gasteiger partial charge in [-0.25, -0.2) is 0 Å². The number of rotatable bonds is 2. The van der Waals surface area contributed by atoms with E-state index in [2.05, 4.69) is 0 Å². The number of fused-ring (bicyclic) bond motifs is 1. The Bertz CT molecular complexity index is 300. The van der Waals surface area contributed by atoms with Crippen LogP contribution in [-0.2, 0) is 9.53 Å². The molecule has 0 heterocycles. The van der Waals surface area contributed by atoms with E-state index in [1.807, 2.05) is 0 Å². The van der Waals surface area contributed by atoms with Gasteiger partial charge < -0.3 is 4.74 Å². The van der Waals surface area contributed by atoms with E-state index in [1.54, 1.807) is 6.92 Å². The van der Waals surface area contributed by atoms with Crippen molar-refractivity contribution < 1.29 is 22.7 Å². The minimum absolute atomic E-state index is 0.0712. The van der Waals surface area contributed by atoms with Crippen LogP contribution in [0.2, 0.25) is 0 Å². The van der Waals surface area contributed by atoms with Crippen LogP contribution in [0, 0.1) is 11.8 Å². The molecule has 0 aromatic heterocycles. The molecule has 2 fully saturated rings. The Kier molecular flexibility index (Phi) is 2.77. The van der Waals surface area contributed by atoms with E-state index in [0.29, 0.717) is 12.8 Å². The van der Waals surface area contributed by atoms with E-state index in [-0.39, 0.29) is 17.6 Å². The predicted molar refractivity (Wildman–Crippen MR) is 50.9 cm³/mol. The second-order valence-corrected chi connectivity index (χ2v) is 4.78. The van der Waals surface area contributed by atoms with Gasteiger partial charge in [0.05, 0.1) is 5.60 Å². The second kappa shape index (κ2) is 3.72. The molecule has 5 heteroatoms. The summed E-state index contributed by atoms with van der Waals surface area (Å²) in [5.74, 6) is -0.597. The van der Waals surface area contributed by atoms with Gasteiger partial charge in [-0.3, -0.25) is 4.79 Å². The van der Waals surface area contributed by atoms with Gasteiger partial charge in [0, 0.05) is 11.8 Å². The number of ether oxygens (including phenoxy) is 1. The molecule has 2 aliphatic carbocycles. The van der Waals surface area contributed by atoms with Crippen LogP contribution in [0.1, 0.15) is 32.6 Å². The average Bonchev–Trinajstić information content (AvgIpc) is 2.24. The number of Topliss-reactive ketones (excluding diaryl/α,β-unsaturated/α-hetero) is 1. The number of carbonyl (C=O) groups excluding carboxylic acids is 1. The van der Waals surface area contributed by atoms with E-state index in [9.17, 15) is 18.0 Å². The van der Waals surface area contributed by atoms with Crippen molar-refractivity contribution >= 4 is 5.78 Å². The number of hydrogen-bond donors (Lipinski definition) is 0. The van der Waals surface area contributed by atoms with Gasteiger partial charge in [0.25, 0.3) is 0 Å². The summed E-state index contributed by atoms with van der Waals surface area (Å²) in [7, 11) is 0. The molecule has 0 aromatic rings. The van der Waals surface area contributed by atoms with Crippen LogP contribution < -0.4 is 0 Å². The molecule has 0 aromatic carbocycles. The molecule has 0 amide bonds. The molecule has 2 rings (SSSR count). The van der Waals surface area contributed by atoms with Crippen molar-refractivity contribution in [3.8, 4) is 0 Å². The SMILES string of the molecule is CC1C(=O)C2CCCCC12OCC(F)(F)F. The van der Waals surface area contributed by atoms with Gasteiger partial charge in [-0.05, 0) is 12.8 Å².